The van der Waals surface area contributed by atoms with Crippen LogP contribution in [0.15, 0.2) is 48.5 Å². The van der Waals surface area contributed by atoms with Gasteiger partial charge in [-0.15, -0.1) is 0 Å². The molecule has 3 nitrogen and oxygen atoms in total. The molecule has 0 amide bonds. The summed E-state index contributed by atoms with van der Waals surface area (Å²) in [6, 6.07) is 16.4. The summed E-state index contributed by atoms with van der Waals surface area (Å²) in [5.41, 5.74) is 3.96. The lowest BCUT2D eigenvalue weighted by atomic mass is 9.79. The largest absolute Gasteiger partial charge is 0.340 e. The first-order chi connectivity index (χ1) is 19.4. The van der Waals surface area contributed by atoms with E-state index in [9.17, 15) is 14.4 Å². The number of hydrogen-bond donors (Lipinski definition) is 2. The molecule has 0 aliphatic heterocycles. The van der Waals surface area contributed by atoms with Crippen LogP contribution in [0.3, 0.4) is 0 Å². The lowest BCUT2D eigenvalue weighted by molar-refractivity contribution is 0.328. The fourth-order valence-electron chi connectivity index (χ4n) is 6.33. The molecule has 4 heteroatoms. The number of unbranched alkanes of at least 4 members (excludes halogenated alkanes) is 14. The third-order valence-electron chi connectivity index (χ3n) is 8.66. The molecule has 0 unspecified atom stereocenters. The van der Waals surface area contributed by atoms with Gasteiger partial charge in [-0.3, -0.25) is 4.57 Å². The number of rotatable bonds is 23. The van der Waals surface area contributed by atoms with Gasteiger partial charge >= 0.3 is 7.60 Å². The van der Waals surface area contributed by atoms with Crippen LogP contribution in [-0.4, -0.2) is 9.79 Å². The van der Waals surface area contributed by atoms with Gasteiger partial charge < -0.3 is 9.79 Å². The summed E-state index contributed by atoms with van der Waals surface area (Å²) in [4.78, 5) is 22.7. The quantitative estimate of drug-likeness (QED) is 0.103. The topological polar surface area (TPSA) is 57.5 Å². The van der Waals surface area contributed by atoms with Crippen LogP contribution in [-0.2, 0) is 22.6 Å². The molecule has 2 aromatic carbocycles. The monoisotopic (exact) mass is 570 g/mol. The van der Waals surface area contributed by atoms with Gasteiger partial charge in [-0.1, -0.05) is 166 Å². The molecule has 0 spiro atoms. The molecule has 226 valence electrons. The molecule has 0 heterocycles. The van der Waals surface area contributed by atoms with E-state index in [-0.39, 0.29) is 0 Å². The van der Waals surface area contributed by atoms with Crippen molar-refractivity contribution in [1.82, 2.24) is 0 Å². The summed E-state index contributed by atoms with van der Waals surface area (Å²) in [5, 5.41) is -1.29. The first-order valence-corrected chi connectivity index (χ1v) is 18.3. The number of aryl methyl sites for hydroxylation is 2. The van der Waals surface area contributed by atoms with Crippen molar-refractivity contribution >= 4 is 7.60 Å². The van der Waals surface area contributed by atoms with Crippen LogP contribution < -0.4 is 0 Å². The predicted octanol–water partition coefficient (Wildman–Crippen LogP) is 11.3. The number of hydrogen-bond acceptors (Lipinski definition) is 1. The summed E-state index contributed by atoms with van der Waals surface area (Å²) in [7, 11) is -4.57. The second kappa shape index (κ2) is 19.7. The van der Waals surface area contributed by atoms with Crippen molar-refractivity contribution in [1.29, 1.82) is 0 Å². The maximum Gasteiger partial charge on any atom is 0.340 e. The smallest absolute Gasteiger partial charge is 0.324 e. The Kier molecular flexibility index (Phi) is 17.1. The van der Waals surface area contributed by atoms with Crippen molar-refractivity contribution < 1.29 is 14.4 Å². The van der Waals surface area contributed by atoms with Crippen LogP contribution in [0.4, 0.5) is 0 Å². The minimum atomic E-state index is -4.57. The van der Waals surface area contributed by atoms with Gasteiger partial charge in [0.2, 0.25) is 0 Å². The van der Waals surface area contributed by atoms with Gasteiger partial charge in [0.05, 0.1) is 0 Å². The summed E-state index contributed by atoms with van der Waals surface area (Å²) >= 11 is 0. The van der Waals surface area contributed by atoms with Crippen molar-refractivity contribution in [2.24, 2.45) is 0 Å². The van der Waals surface area contributed by atoms with Crippen LogP contribution in [0, 0.1) is 0 Å². The maximum atomic E-state index is 13.9. The average molecular weight is 571 g/mol. The summed E-state index contributed by atoms with van der Waals surface area (Å²) in [5.74, 6) is 0. The lowest BCUT2D eigenvalue weighted by Crippen LogP contribution is -2.31. The standard InChI is InChI=1S/C36H59O3P/c1-4-7-10-13-15-18-25-32-27-20-22-29-34(32)36(40(37,38)39,31-24-17-12-9-6-3)35-30-23-21-28-33(35)26-19-16-14-11-8-5-2/h20-23,27-30H,4-19,24-26,31H2,1-3H3,(H2,37,38,39). The molecule has 0 radical (unpaired) electrons. The average Bonchev–Trinajstić information content (AvgIpc) is 2.95. The van der Waals surface area contributed by atoms with Gasteiger partial charge in [-0.2, -0.15) is 0 Å². The Balaban J connectivity index is 2.46. The zero-order valence-electron chi connectivity index (χ0n) is 26.0. The molecule has 40 heavy (non-hydrogen) atoms. The third-order valence-corrected chi connectivity index (χ3v) is 10.4. The van der Waals surface area contributed by atoms with Crippen molar-refractivity contribution in [2.75, 3.05) is 0 Å². The van der Waals surface area contributed by atoms with E-state index in [0.717, 1.165) is 73.6 Å². The highest BCUT2D eigenvalue weighted by Crippen LogP contribution is 2.64. The molecule has 0 aliphatic carbocycles. The zero-order chi connectivity index (χ0) is 29.1. The number of benzene rings is 2. The normalized spacial score (nSPS) is 12.2. The zero-order valence-corrected chi connectivity index (χ0v) is 26.9. The Morgan fingerprint density at radius 1 is 0.525 bits per heavy atom. The van der Waals surface area contributed by atoms with E-state index in [4.69, 9.17) is 0 Å². The van der Waals surface area contributed by atoms with Crippen LogP contribution in [0.2, 0.25) is 0 Å². The molecule has 0 bridgehead atoms. The SMILES string of the molecule is CCCCCCCCc1ccccc1C(CCCCCCC)(c1ccccc1CCCCCCCC)P(=O)(O)O. The van der Waals surface area contributed by atoms with Crippen molar-refractivity contribution in [3.8, 4) is 0 Å². The van der Waals surface area contributed by atoms with Gasteiger partial charge in [-0.05, 0) is 54.4 Å². The molecule has 0 saturated heterocycles. The molecule has 2 aromatic rings. The second-order valence-electron chi connectivity index (χ2n) is 11.9. The molecule has 0 aliphatic rings. The molecule has 0 fully saturated rings. The van der Waals surface area contributed by atoms with E-state index in [2.05, 4.69) is 32.9 Å². The van der Waals surface area contributed by atoms with E-state index in [1.807, 2.05) is 36.4 Å². The van der Waals surface area contributed by atoms with E-state index in [1.165, 1.54) is 70.6 Å². The van der Waals surface area contributed by atoms with Gasteiger partial charge in [0.1, 0.15) is 5.16 Å². The highest BCUT2D eigenvalue weighted by Gasteiger charge is 2.51. The third kappa shape index (κ3) is 10.8. The van der Waals surface area contributed by atoms with Crippen molar-refractivity contribution in [2.45, 2.75) is 154 Å². The Bertz CT molecular complexity index is 920. The van der Waals surface area contributed by atoms with E-state index < -0.39 is 12.8 Å². The minimum Gasteiger partial charge on any atom is -0.324 e. The van der Waals surface area contributed by atoms with Gasteiger partial charge in [0.15, 0.2) is 0 Å². The predicted molar refractivity (Wildman–Crippen MR) is 173 cm³/mol. The lowest BCUT2D eigenvalue weighted by Gasteiger charge is -2.38. The first kappa shape index (κ1) is 34.8. The molecule has 0 aromatic heterocycles. The molecule has 2 N–H and O–H groups in total. The van der Waals surface area contributed by atoms with Gasteiger partial charge in [-0.25, -0.2) is 0 Å². The Morgan fingerprint density at radius 3 is 1.27 bits per heavy atom. The Morgan fingerprint density at radius 2 is 0.875 bits per heavy atom. The van der Waals surface area contributed by atoms with E-state index in [0.29, 0.717) is 6.42 Å². The highest BCUT2D eigenvalue weighted by atomic mass is 31.2. The molecule has 0 saturated carbocycles. The fourth-order valence-corrected chi connectivity index (χ4v) is 7.85. The molecular formula is C36H59O3P. The van der Waals surface area contributed by atoms with Crippen LogP contribution in [0.25, 0.3) is 0 Å². The molecule has 2 rings (SSSR count). The minimum absolute atomic E-state index is 0.488. The highest BCUT2D eigenvalue weighted by molar-refractivity contribution is 7.53. The van der Waals surface area contributed by atoms with Crippen molar-refractivity contribution in [3.63, 3.8) is 0 Å². The Labute approximate surface area is 246 Å². The van der Waals surface area contributed by atoms with E-state index >= 15 is 0 Å². The summed E-state index contributed by atoms with van der Waals surface area (Å²) in [6.45, 7) is 6.69. The van der Waals surface area contributed by atoms with Gasteiger partial charge in [0.25, 0.3) is 0 Å². The fraction of sp³-hybridized carbons (Fsp3) is 0.667. The van der Waals surface area contributed by atoms with Crippen LogP contribution in [0.1, 0.15) is 159 Å². The maximum absolute atomic E-state index is 13.9. The molecule has 0 atom stereocenters. The van der Waals surface area contributed by atoms with Crippen LogP contribution in [0.5, 0.6) is 0 Å². The Hall–Kier alpha value is -1.41. The van der Waals surface area contributed by atoms with Crippen LogP contribution >= 0.6 is 7.60 Å². The van der Waals surface area contributed by atoms with Gasteiger partial charge in [0, 0.05) is 0 Å². The first-order valence-electron chi connectivity index (χ1n) is 16.6. The molecular weight excluding hydrogens is 511 g/mol. The van der Waals surface area contributed by atoms with Crippen molar-refractivity contribution in [3.05, 3.63) is 70.8 Å². The summed E-state index contributed by atoms with van der Waals surface area (Å²) in [6.07, 6.45) is 22.0. The van der Waals surface area contributed by atoms with E-state index in [1.54, 1.807) is 0 Å². The summed E-state index contributed by atoms with van der Waals surface area (Å²) < 4.78 is 13.9. The second-order valence-corrected chi connectivity index (χ2v) is 13.8.